The lowest BCUT2D eigenvalue weighted by atomic mass is 9.72. The van der Waals surface area contributed by atoms with Gasteiger partial charge in [-0.25, -0.2) is 0 Å². The topological polar surface area (TPSA) is 0 Å². The lowest BCUT2D eigenvalue weighted by Crippen LogP contribution is -2.21. The molecule has 1 aromatic carbocycles. The minimum absolute atomic E-state index is 0.206. The molecule has 0 radical (unpaired) electrons. The van der Waals surface area contributed by atoms with Crippen LogP contribution in [0.15, 0.2) is 42.0 Å². The summed E-state index contributed by atoms with van der Waals surface area (Å²) in [5, 5.41) is 0. The van der Waals surface area contributed by atoms with Crippen LogP contribution in [0.2, 0.25) is 0 Å². The van der Waals surface area contributed by atoms with Gasteiger partial charge in [-0.05, 0) is 44.7 Å². The number of allylic oxidation sites excluding steroid dienone is 5. The van der Waals surface area contributed by atoms with Crippen LogP contribution in [0.3, 0.4) is 0 Å². The third kappa shape index (κ3) is 2.41. The maximum Gasteiger partial charge on any atom is 0.00760 e. The lowest BCUT2D eigenvalue weighted by molar-refractivity contribution is 0.336. The van der Waals surface area contributed by atoms with Crippen LogP contribution in [0.25, 0.3) is 11.6 Å². The Labute approximate surface area is 129 Å². The van der Waals surface area contributed by atoms with E-state index in [4.69, 9.17) is 0 Å². The maximum atomic E-state index is 2.41. The molecule has 0 heteroatoms. The highest BCUT2D eigenvalue weighted by molar-refractivity contribution is 5.96. The summed E-state index contributed by atoms with van der Waals surface area (Å²) in [6.45, 7) is 13.8. The van der Waals surface area contributed by atoms with Gasteiger partial charge in [-0.2, -0.15) is 0 Å². The van der Waals surface area contributed by atoms with Crippen molar-refractivity contribution < 1.29 is 0 Å². The van der Waals surface area contributed by atoms with Crippen molar-refractivity contribution in [1.82, 2.24) is 0 Å². The van der Waals surface area contributed by atoms with Gasteiger partial charge in [0.25, 0.3) is 0 Å². The smallest absolute Gasteiger partial charge is 0.00760 e. The zero-order chi connectivity index (χ0) is 15.4. The molecular weight excluding hydrogens is 252 g/mol. The van der Waals surface area contributed by atoms with Crippen LogP contribution >= 0.6 is 0 Å². The van der Waals surface area contributed by atoms with E-state index in [1.165, 1.54) is 27.8 Å². The van der Waals surface area contributed by atoms with Crippen LogP contribution in [-0.2, 0) is 5.41 Å². The molecule has 0 amide bonds. The molecule has 1 aromatic rings. The van der Waals surface area contributed by atoms with Crippen molar-refractivity contribution in [2.75, 3.05) is 0 Å². The number of rotatable bonds is 0. The van der Waals surface area contributed by atoms with Crippen LogP contribution < -0.4 is 0 Å². The second-order valence-electron chi connectivity index (χ2n) is 8.46. The first-order valence-electron chi connectivity index (χ1n) is 7.93. The van der Waals surface area contributed by atoms with Crippen LogP contribution in [0.5, 0.6) is 0 Å². The van der Waals surface area contributed by atoms with Gasteiger partial charge in [0.2, 0.25) is 0 Å². The average Bonchev–Trinajstić information content (AvgIpc) is 2.73. The van der Waals surface area contributed by atoms with Gasteiger partial charge in [-0.15, -0.1) is 0 Å². The van der Waals surface area contributed by atoms with Crippen LogP contribution in [-0.4, -0.2) is 0 Å². The van der Waals surface area contributed by atoms with Gasteiger partial charge < -0.3 is 0 Å². The Kier molecular flexibility index (Phi) is 3.06. The van der Waals surface area contributed by atoms with E-state index < -0.39 is 0 Å². The molecule has 2 aliphatic carbocycles. The molecule has 0 saturated carbocycles. The zero-order valence-corrected chi connectivity index (χ0v) is 14.1. The van der Waals surface area contributed by atoms with E-state index >= 15 is 0 Å². The van der Waals surface area contributed by atoms with Crippen LogP contribution in [0.4, 0.5) is 0 Å². The Morgan fingerprint density at radius 1 is 0.952 bits per heavy atom. The highest BCUT2D eigenvalue weighted by atomic mass is 14.4. The summed E-state index contributed by atoms with van der Waals surface area (Å²) in [5.74, 6) is 0.503. The predicted octanol–water partition coefficient (Wildman–Crippen LogP) is 6.00. The lowest BCUT2D eigenvalue weighted by Gasteiger charge is -2.32. The van der Waals surface area contributed by atoms with Gasteiger partial charge in [0.15, 0.2) is 0 Å². The third-order valence-corrected chi connectivity index (χ3v) is 4.66. The third-order valence-electron chi connectivity index (χ3n) is 4.66. The van der Waals surface area contributed by atoms with Crippen LogP contribution in [0, 0.1) is 11.3 Å². The molecule has 1 unspecified atom stereocenters. The van der Waals surface area contributed by atoms with E-state index in [-0.39, 0.29) is 10.8 Å². The quantitative estimate of drug-likeness (QED) is 0.546. The van der Waals surface area contributed by atoms with E-state index in [2.05, 4.69) is 84.0 Å². The normalized spacial score (nSPS) is 20.8. The van der Waals surface area contributed by atoms with Gasteiger partial charge >= 0.3 is 0 Å². The van der Waals surface area contributed by atoms with E-state index in [0.29, 0.717) is 5.92 Å². The number of hydrogen-bond donors (Lipinski definition) is 0. The molecule has 0 spiro atoms. The number of benzene rings is 1. The monoisotopic (exact) mass is 278 g/mol. The van der Waals surface area contributed by atoms with E-state index in [1.807, 2.05) is 0 Å². The predicted molar refractivity (Wildman–Crippen MR) is 93.2 cm³/mol. The van der Waals surface area contributed by atoms with Crippen molar-refractivity contribution in [3.63, 3.8) is 0 Å². The minimum Gasteiger partial charge on any atom is -0.0764 e. The average molecular weight is 278 g/mol. The standard InChI is InChI=1S/C21H26/c1-20(2,3)15-10-11-16-14(12-15)13-18-17(16)8-7-9-19(18)21(4,5)6/h7-13,19H,1-6H3. The molecule has 0 nitrogen and oxygen atoms in total. The Morgan fingerprint density at radius 2 is 1.67 bits per heavy atom. The van der Waals surface area contributed by atoms with Gasteiger partial charge in [0.05, 0.1) is 0 Å². The summed E-state index contributed by atoms with van der Waals surface area (Å²) >= 11 is 0. The molecule has 3 rings (SSSR count). The zero-order valence-electron chi connectivity index (χ0n) is 14.1. The van der Waals surface area contributed by atoms with Gasteiger partial charge in [0, 0.05) is 5.92 Å². The van der Waals surface area contributed by atoms with Crippen molar-refractivity contribution in [3.8, 4) is 0 Å². The van der Waals surface area contributed by atoms with E-state index in [1.54, 1.807) is 0 Å². The first kappa shape index (κ1) is 14.4. The maximum absolute atomic E-state index is 2.41. The molecule has 0 aliphatic heterocycles. The van der Waals surface area contributed by atoms with E-state index in [0.717, 1.165) is 0 Å². The second kappa shape index (κ2) is 4.47. The highest BCUT2D eigenvalue weighted by Gasteiger charge is 2.33. The Balaban J connectivity index is 2.10. The molecule has 0 aromatic heterocycles. The molecule has 2 aliphatic rings. The summed E-state index contributed by atoms with van der Waals surface area (Å²) in [4.78, 5) is 0. The summed E-state index contributed by atoms with van der Waals surface area (Å²) in [6, 6.07) is 6.98. The van der Waals surface area contributed by atoms with Gasteiger partial charge in [-0.3, -0.25) is 0 Å². The van der Waals surface area contributed by atoms with E-state index in [9.17, 15) is 0 Å². The molecule has 0 heterocycles. The van der Waals surface area contributed by atoms with Crippen molar-refractivity contribution in [2.24, 2.45) is 11.3 Å². The van der Waals surface area contributed by atoms with Crippen molar-refractivity contribution >= 4 is 11.6 Å². The largest absolute Gasteiger partial charge is 0.0764 e. The Hall–Kier alpha value is -1.56. The summed E-state index contributed by atoms with van der Waals surface area (Å²) in [6.07, 6.45) is 9.27. The fourth-order valence-electron chi connectivity index (χ4n) is 3.36. The Morgan fingerprint density at radius 3 is 2.29 bits per heavy atom. The molecule has 0 N–H and O–H groups in total. The molecule has 0 fully saturated rings. The second-order valence-corrected chi connectivity index (χ2v) is 8.46. The molecule has 110 valence electrons. The van der Waals surface area contributed by atoms with Crippen molar-refractivity contribution in [2.45, 2.75) is 47.0 Å². The minimum atomic E-state index is 0.206. The van der Waals surface area contributed by atoms with Gasteiger partial charge in [0.1, 0.15) is 0 Å². The SMILES string of the molecule is CC(C)(C)c1ccc2c(c1)C=C1C2=CC=CC1C(C)(C)C. The number of hydrogen-bond acceptors (Lipinski definition) is 0. The fraction of sp³-hybridized carbons (Fsp3) is 0.429. The summed E-state index contributed by atoms with van der Waals surface area (Å²) < 4.78 is 0. The molecule has 21 heavy (non-hydrogen) atoms. The number of fused-ring (bicyclic) bond motifs is 3. The Bertz CT molecular complexity index is 667. The first-order chi connectivity index (χ1) is 9.68. The van der Waals surface area contributed by atoms with Crippen molar-refractivity contribution in [3.05, 3.63) is 58.7 Å². The highest BCUT2D eigenvalue weighted by Crippen LogP contribution is 2.48. The first-order valence-corrected chi connectivity index (χ1v) is 7.93. The van der Waals surface area contributed by atoms with Crippen LogP contribution in [0.1, 0.15) is 58.2 Å². The molecule has 1 atom stereocenters. The molecular formula is C21H26. The van der Waals surface area contributed by atoms with Gasteiger partial charge in [-0.1, -0.05) is 78.0 Å². The molecule has 0 bridgehead atoms. The summed E-state index contributed by atoms with van der Waals surface area (Å²) in [5.41, 5.74) is 7.59. The summed E-state index contributed by atoms with van der Waals surface area (Å²) in [7, 11) is 0. The van der Waals surface area contributed by atoms with Crippen molar-refractivity contribution in [1.29, 1.82) is 0 Å². The fourth-order valence-corrected chi connectivity index (χ4v) is 3.36. The molecule has 0 saturated heterocycles.